The molecule has 16 heavy (non-hydrogen) atoms. The molecule has 0 heterocycles. The Bertz CT molecular complexity index is 425. The number of para-hydroxylation sites is 1. The van der Waals surface area contributed by atoms with E-state index in [0.29, 0.717) is 0 Å². The first kappa shape index (κ1) is 11.6. The highest BCUT2D eigenvalue weighted by Crippen LogP contribution is 2.08. The molecule has 1 aromatic carbocycles. The summed E-state index contributed by atoms with van der Waals surface area (Å²) in [5.74, 6) is -2.81. The topological polar surface area (TPSA) is 72.5 Å². The fourth-order valence-corrected chi connectivity index (χ4v) is 0.856. The molecule has 0 bridgehead atoms. The van der Waals surface area contributed by atoms with Crippen LogP contribution in [-0.4, -0.2) is 17.8 Å². The van der Waals surface area contributed by atoms with Gasteiger partial charge in [-0.25, -0.2) is 4.79 Å². The van der Waals surface area contributed by atoms with E-state index in [1.54, 1.807) is 23.5 Å². The molecule has 0 atom stereocenters. The van der Waals surface area contributed by atoms with Crippen LogP contribution in [0.3, 0.4) is 0 Å². The minimum atomic E-state index is -1.15. The molecular weight excluding hydrogens is 210 g/mol. The van der Waals surface area contributed by atoms with Crippen LogP contribution in [0.5, 0.6) is 5.75 Å². The van der Waals surface area contributed by atoms with Gasteiger partial charge in [0.25, 0.3) is 0 Å². The van der Waals surface area contributed by atoms with Gasteiger partial charge >= 0.3 is 11.9 Å². The summed E-state index contributed by atoms with van der Waals surface area (Å²) >= 11 is 0. The number of hydrogen-bond donors (Lipinski definition) is 1. The maximum absolute atomic E-state index is 11.1. The number of hydrogen-bond acceptors (Lipinski definition) is 4. The van der Waals surface area contributed by atoms with Gasteiger partial charge in [0, 0.05) is 0 Å². The first-order chi connectivity index (χ1) is 7.63. The average molecular weight is 219 g/mol. The molecule has 2 amide bonds. The zero-order chi connectivity index (χ0) is 12.0. The SMILES string of the molecule is C=CC(=O)NC(=O)C(=O)Oc1ccccc1. The van der Waals surface area contributed by atoms with Gasteiger partial charge in [-0.2, -0.15) is 0 Å². The van der Waals surface area contributed by atoms with Crippen molar-refractivity contribution >= 4 is 17.8 Å². The largest absolute Gasteiger partial charge is 0.419 e. The molecule has 0 saturated heterocycles. The van der Waals surface area contributed by atoms with E-state index in [1.807, 2.05) is 0 Å². The van der Waals surface area contributed by atoms with Crippen LogP contribution in [0.1, 0.15) is 0 Å². The molecule has 0 aliphatic heterocycles. The second kappa shape index (κ2) is 5.45. The third kappa shape index (κ3) is 3.38. The fourth-order valence-electron chi connectivity index (χ4n) is 0.856. The van der Waals surface area contributed by atoms with Crippen LogP contribution >= 0.6 is 0 Å². The second-order valence-electron chi connectivity index (χ2n) is 2.73. The second-order valence-corrected chi connectivity index (χ2v) is 2.73. The van der Waals surface area contributed by atoms with Gasteiger partial charge in [0.2, 0.25) is 5.91 Å². The number of nitrogens with one attached hydrogen (secondary N) is 1. The highest BCUT2D eigenvalue weighted by Gasteiger charge is 2.17. The Labute approximate surface area is 91.7 Å². The molecule has 0 aliphatic carbocycles. The molecule has 1 N–H and O–H groups in total. The van der Waals surface area contributed by atoms with Crippen LogP contribution in [0, 0.1) is 0 Å². The number of benzene rings is 1. The predicted octanol–water partition coefficient (Wildman–Crippen LogP) is 0.421. The number of imide groups is 1. The highest BCUT2D eigenvalue weighted by molar-refractivity contribution is 6.36. The van der Waals surface area contributed by atoms with Crippen molar-refractivity contribution in [2.75, 3.05) is 0 Å². The number of amides is 2. The summed E-state index contributed by atoms with van der Waals surface area (Å²) in [4.78, 5) is 32.9. The minimum Gasteiger partial charge on any atom is -0.419 e. The van der Waals surface area contributed by atoms with Gasteiger partial charge in [-0.05, 0) is 18.2 Å². The van der Waals surface area contributed by atoms with Crippen LogP contribution in [-0.2, 0) is 14.4 Å². The minimum absolute atomic E-state index is 0.230. The lowest BCUT2D eigenvalue weighted by Crippen LogP contribution is -2.37. The fraction of sp³-hybridized carbons (Fsp3) is 0. The predicted molar refractivity (Wildman–Crippen MR) is 55.4 cm³/mol. The molecule has 0 aliphatic rings. The zero-order valence-electron chi connectivity index (χ0n) is 8.30. The van der Waals surface area contributed by atoms with Crippen LogP contribution in [0.4, 0.5) is 0 Å². The van der Waals surface area contributed by atoms with Gasteiger partial charge in [0.15, 0.2) is 0 Å². The highest BCUT2D eigenvalue weighted by atomic mass is 16.5. The lowest BCUT2D eigenvalue weighted by molar-refractivity contribution is -0.149. The number of carbonyl (C=O) groups is 3. The summed E-state index contributed by atoms with van der Waals surface area (Å²) in [6.07, 6.45) is 0.883. The van der Waals surface area contributed by atoms with Crippen molar-refractivity contribution in [3.63, 3.8) is 0 Å². The Morgan fingerprint density at radius 2 is 1.81 bits per heavy atom. The quantitative estimate of drug-likeness (QED) is 0.338. The van der Waals surface area contributed by atoms with Crippen LogP contribution in [0.2, 0.25) is 0 Å². The molecule has 0 fully saturated rings. The Hall–Kier alpha value is -2.43. The summed E-state index contributed by atoms with van der Waals surface area (Å²) in [5, 5.41) is 1.78. The molecule has 0 radical (unpaired) electrons. The molecule has 1 rings (SSSR count). The van der Waals surface area contributed by atoms with E-state index in [4.69, 9.17) is 0 Å². The van der Waals surface area contributed by atoms with Crippen molar-refractivity contribution in [2.24, 2.45) is 0 Å². The van der Waals surface area contributed by atoms with Crippen molar-refractivity contribution < 1.29 is 19.1 Å². The average Bonchev–Trinajstić information content (AvgIpc) is 2.30. The molecule has 1 aromatic rings. The Kier molecular flexibility index (Phi) is 3.97. The summed E-state index contributed by atoms with van der Waals surface area (Å²) < 4.78 is 4.68. The first-order valence-electron chi connectivity index (χ1n) is 4.38. The Morgan fingerprint density at radius 1 is 1.19 bits per heavy atom. The zero-order valence-corrected chi connectivity index (χ0v) is 8.30. The van der Waals surface area contributed by atoms with Gasteiger partial charge < -0.3 is 4.74 Å². The monoisotopic (exact) mass is 219 g/mol. The van der Waals surface area contributed by atoms with Crippen molar-refractivity contribution in [3.8, 4) is 5.75 Å². The van der Waals surface area contributed by atoms with Crippen molar-refractivity contribution in [1.29, 1.82) is 0 Å². The van der Waals surface area contributed by atoms with Gasteiger partial charge in [0.1, 0.15) is 5.75 Å². The summed E-state index contributed by atoms with van der Waals surface area (Å²) in [6, 6.07) is 8.06. The summed E-state index contributed by atoms with van der Waals surface area (Å²) in [5.41, 5.74) is 0. The summed E-state index contributed by atoms with van der Waals surface area (Å²) in [7, 11) is 0. The normalized spacial score (nSPS) is 9.00. The van der Waals surface area contributed by atoms with Gasteiger partial charge in [0.05, 0.1) is 0 Å². The molecule has 0 spiro atoms. The lowest BCUT2D eigenvalue weighted by Gasteiger charge is -2.02. The number of ether oxygens (including phenoxy) is 1. The molecule has 82 valence electrons. The lowest BCUT2D eigenvalue weighted by atomic mass is 10.3. The summed E-state index contributed by atoms with van der Waals surface area (Å²) in [6.45, 7) is 3.14. The van der Waals surface area contributed by atoms with Gasteiger partial charge in [-0.1, -0.05) is 24.8 Å². The maximum Gasteiger partial charge on any atom is 0.402 e. The van der Waals surface area contributed by atoms with Gasteiger partial charge in [-0.15, -0.1) is 0 Å². The molecular formula is C11H9NO4. The maximum atomic E-state index is 11.1. The van der Waals surface area contributed by atoms with Gasteiger partial charge in [-0.3, -0.25) is 14.9 Å². The third-order valence-corrected chi connectivity index (χ3v) is 1.56. The number of carbonyl (C=O) groups excluding carboxylic acids is 3. The van der Waals surface area contributed by atoms with Crippen LogP contribution < -0.4 is 10.1 Å². The first-order valence-corrected chi connectivity index (χ1v) is 4.38. The van der Waals surface area contributed by atoms with E-state index in [2.05, 4.69) is 11.3 Å². The standard InChI is InChI=1S/C11H9NO4/c1-2-9(13)12-10(14)11(15)16-8-6-4-3-5-7-8/h2-7H,1H2,(H,12,13,14). The molecule has 5 heteroatoms. The van der Waals surface area contributed by atoms with Crippen molar-refractivity contribution in [2.45, 2.75) is 0 Å². The smallest absolute Gasteiger partial charge is 0.402 e. The molecule has 5 nitrogen and oxygen atoms in total. The number of rotatable bonds is 2. The van der Waals surface area contributed by atoms with E-state index in [0.717, 1.165) is 6.08 Å². The Balaban J connectivity index is 2.56. The Morgan fingerprint density at radius 3 is 2.38 bits per heavy atom. The third-order valence-electron chi connectivity index (χ3n) is 1.56. The number of esters is 1. The molecule has 0 unspecified atom stereocenters. The van der Waals surface area contributed by atoms with Crippen molar-refractivity contribution in [1.82, 2.24) is 5.32 Å². The van der Waals surface area contributed by atoms with E-state index in [-0.39, 0.29) is 5.75 Å². The molecule has 0 aromatic heterocycles. The van der Waals surface area contributed by atoms with Crippen molar-refractivity contribution in [3.05, 3.63) is 43.0 Å². The van der Waals surface area contributed by atoms with E-state index in [9.17, 15) is 14.4 Å². The van der Waals surface area contributed by atoms with E-state index < -0.39 is 17.8 Å². The van der Waals surface area contributed by atoms with E-state index >= 15 is 0 Å². The van der Waals surface area contributed by atoms with E-state index in [1.165, 1.54) is 12.1 Å². The van der Waals surface area contributed by atoms with Crippen LogP contribution in [0.15, 0.2) is 43.0 Å². The molecule has 0 saturated carbocycles. The van der Waals surface area contributed by atoms with Crippen LogP contribution in [0.25, 0.3) is 0 Å².